The quantitative estimate of drug-likeness (QED) is 0.908. The molecule has 1 atom stereocenters. The second-order valence-electron chi connectivity index (χ2n) is 7.90. The molecule has 1 unspecified atom stereocenters. The van der Waals surface area contributed by atoms with Crippen LogP contribution in [0.4, 0.5) is 0 Å². The van der Waals surface area contributed by atoms with Crippen LogP contribution in [-0.2, 0) is 11.3 Å². The van der Waals surface area contributed by atoms with Crippen molar-refractivity contribution in [2.45, 2.75) is 32.7 Å². The largest absolute Gasteiger partial charge is 0.352 e. The van der Waals surface area contributed by atoms with Crippen LogP contribution in [0.25, 0.3) is 0 Å². The number of rotatable bonds is 4. The van der Waals surface area contributed by atoms with Gasteiger partial charge in [-0.3, -0.25) is 14.6 Å². The van der Waals surface area contributed by atoms with E-state index < -0.39 is 0 Å². The topological polar surface area (TPSA) is 62.3 Å². The van der Waals surface area contributed by atoms with Crippen LogP contribution in [0, 0.1) is 18.3 Å². The lowest BCUT2D eigenvalue weighted by Crippen LogP contribution is -2.45. The molecule has 1 aromatic heterocycles. The summed E-state index contributed by atoms with van der Waals surface area (Å²) in [4.78, 5) is 31.8. The predicted molar refractivity (Wildman–Crippen MR) is 103 cm³/mol. The Morgan fingerprint density at radius 2 is 2.00 bits per heavy atom. The minimum atomic E-state index is -0.123. The molecule has 5 heteroatoms. The Hall–Kier alpha value is -2.69. The molecule has 2 fully saturated rings. The highest BCUT2D eigenvalue weighted by Crippen LogP contribution is 2.52. The molecule has 0 radical (unpaired) electrons. The summed E-state index contributed by atoms with van der Waals surface area (Å²) in [5, 5.41) is 3.07. The molecule has 2 amide bonds. The Balaban J connectivity index is 1.46. The summed E-state index contributed by atoms with van der Waals surface area (Å²) in [6, 6.07) is 11.5. The lowest BCUT2D eigenvalue weighted by molar-refractivity contribution is -0.129. The van der Waals surface area contributed by atoms with Crippen LogP contribution in [0.2, 0.25) is 0 Å². The smallest absolute Gasteiger partial charge is 0.253 e. The molecule has 4 rings (SSSR count). The summed E-state index contributed by atoms with van der Waals surface area (Å²) in [6.07, 6.45) is 6.65. The highest BCUT2D eigenvalue weighted by atomic mass is 16.2. The van der Waals surface area contributed by atoms with Crippen molar-refractivity contribution in [1.82, 2.24) is 15.2 Å². The molecule has 140 valence electrons. The molecule has 1 aliphatic heterocycles. The van der Waals surface area contributed by atoms with E-state index >= 15 is 0 Å². The SMILES string of the molecule is Cc1cccc(C(=O)N2CC(C(=O)NCc3ccncc3)C3(CCC3)C2)c1. The molecule has 1 aliphatic carbocycles. The van der Waals surface area contributed by atoms with E-state index in [-0.39, 0.29) is 23.1 Å². The second-order valence-corrected chi connectivity index (χ2v) is 7.90. The number of aromatic nitrogens is 1. The minimum Gasteiger partial charge on any atom is -0.352 e. The fraction of sp³-hybridized carbons (Fsp3) is 0.409. The molecule has 1 saturated heterocycles. The van der Waals surface area contributed by atoms with Crippen molar-refractivity contribution in [2.75, 3.05) is 13.1 Å². The normalized spacial score (nSPS) is 20.3. The highest BCUT2D eigenvalue weighted by Gasteiger charge is 2.54. The van der Waals surface area contributed by atoms with Gasteiger partial charge in [0.05, 0.1) is 5.92 Å². The van der Waals surface area contributed by atoms with E-state index in [4.69, 9.17) is 0 Å². The average Bonchev–Trinajstić information content (AvgIpc) is 3.08. The first-order valence-corrected chi connectivity index (χ1v) is 9.60. The van der Waals surface area contributed by atoms with Gasteiger partial charge in [0.15, 0.2) is 0 Å². The standard InChI is InChI=1S/C22H25N3O2/c1-16-4-2-5-18(12-16)21(27)25-14-19(22(15-25)8-3-9-22)20(26)24-13-17-6-10-23-11-7-17/h2,4-7,10-12,19H,3,8-9,13-15H2,1H3,(H,24,26). The van der Waals surface area contributed by atoms with Crippen LogP contribution in [0.5, 0.6) is 0 Å². The number of nitrogens with one attached hydrogen (secondary N) is 1. The lowest BCUT2D eigenvalue weighted by Gasteiger charge is -2.41. The number of likely N-dealkylation sites (tertiary alicyclic amines) is 1. The van der Waals surface area contributed by atoms with Gasteiger partial charge < -0.3 is 10.2 Å². The third-order valence-corrected chi connectivity index (χ3v) is 6.08. The maximum absolute atomic E-state index is 13.0. The van der Waals surface area contributed by atoms with Crippen LogP contribution in [0.3, 0.4) is 0 Å². The first-order chi connectivity index (χ1) is 13.1. The van der Waals surface area contributed by atoms with Crippen LogP contribution < -0.4 is 5.32 Å². The molecule has 1 aromatic carbocycles. The number of nitrogens with zero attached hydrogens (tertiary/aromatic N) is 2. The number of benzene rings is 1. The number of hydrogen-bond acceptors (Lipinski definition) is 3. The summed E-state index contributed by atoms with van der Waals surface area (Å²) in [5.74, 6) is -0.0256. The molecule has 2 aliphatic rings. The summed E-state index contributed by atoms with van der Waals surface area (Å²) < 4.78 is 0. The zero-order valence-corrected chi connectivity index (χ0v) is 15.6. The van der Waals surface area contributed by atoms with Gasteiger partial charge >= 0.3 is 0 Å². The summed E-state index contributed by atoms with van der Waals surface area (Å²) in [5.41, 5.74) is 2.78. The van der Waals surface area contributed by atoms with Gasteiger partial charge in [-0.2, -0.15) is 0 Å². The van der Waals surface area contributed by atoms with Crippen molar-refractivity contribution in [1.29, 1.82) is 0 Å². The minimum absolute atomic E-state index is 0.0365. The van der Waals surface area contributed by atoms with Crippen molar-refractivity contribution < 1.29 is 9.59 Å². The zero-order chi connectivity index (χ0) is 18.9. The molecule has 2 aromatic rings. The molecular formula is C22H25N3O2. The third kappa shape index (κ3) is 3.46. The van der Waals surface area contributed by atoms with Gasteiger partial charge in [0.1, 0.15) is 0 Å². The first-order valence-electron chi connectivity index (χ1n) is 9.60. The van der Waals surface area contributed by atoms with E-state index in [0.717, 1.165) is 30.4 Å². The van der Waals surface area contributed by atoms with Crippen molar-refractivity contribution in [3.05, 3.63) is 65.5 Å². The van der Waals surface area contributed by atoms with E-state index in [1.807, 2.05) is 48.2 Å². The Kier molecular flexibility index (Phi) is 4.68. The summed E-state index contributed by atoms with van der Waals surface area (Å²) in [7, 11) is 0. The van der Waals surface area contributed by atoms with Crippen LogP contribution in [0.15, 0.2) is 48.8 Å². The van der Waals surface area contributed by atoms with Gasteiger partial charge in [-0.15, -0.1) is 0 Å². The van der Waals surface area contributed by atoms with Crippen molar-refractivity contribution in [2.24, 2.45) is 11.3 Å². The number of amides is 2. The monoisotopic (exact) mass is 363 g/mol. The Bertz CT molecular complexity index is 846. The third-order valence-electron chi connectivity index (χ3n) is 6.08. The van der Waals surface area contributed by atoms with Crippen LogP contribution in [0.1, 0.15) is 40.7 Å². The van der Waals surface area contributed by atoms with Gasteiger partial charge in [0.25, 0.3) is 5.91 Å². The van der Waals surface area contributed by atoms with E-state index in [1.165, 1.54) is 0 Å². The number of aryl methyl sites for hydroxylation is 1. The number of carbonyl (C=O) groups is 2. The van der Waals surface area contributed by atoms with Gasteiger partial charge in [-0.05, 0) is 49.6 Å². The van der Waals surface area contributed by atoms with Gasteiger partial charge in [0, 0.05) is 43.0 Å². The van der Waals surface area contributed by atoms with E-state index in [2.05, 4.69) is 10.3 Å². The highest BCUT2D eigenvalue weighted by molar-refractivity contribution is 5.95. The van der Waals surface area contributed by atoms with Crippen LogP contribution >= 0.6 is 0 Å². The lowest BCUT2D eigenvalue weighted by atomic mass is 9.62. The molecule has 1 saturated carbocycles. The Morgan fingerprint density at radius 1 is 1.22 bits per heavy atom. The van der Waals surface area contributed by atoms with Gasteiger partial charge in [-0.25, -0.2) is 0 Å². The molecular weight excluding hydrogens is 338 g/mol. The number of carbonyl (C=O) groups excluding carboxylic acids is 2. The molecule has 27 heavy (non-hydrogen) atoms. The average molecular weight is 363 g/mol. The van der Waals surface area contributed by atoms with Crippen molar-refractivity contribution in [3.8, 4) is 0 Å². The van der Waals surface area contributed by atoms with Gasteiger partial charge in [0.2, 0.25) is 5.91 Å². The first kappa shape index (κ1) is 17.7. The maximum atomic E-state index is 13.0. The second kappa shape index (κ2) is 7.14. The van der Waals surface area contributed by atoms with E-state index in [9.17, 15) is 9.59 Å². The molecule has 0 bridgehead atoms. The predicted octanol–water partition coefficient (Wildman–Crippen LogP) is 2.95. The van der Waals surface area contributed by atoms with Gasteiger partial charge in [-0.1, -0.05) is 24.1 Å². The van der Waals surface area contributed by atoms with E-state index in [1.54, 1.807) is 12.4 Å². The molecule has 5 nitrogen and oxygen atoms in total. The van der Waals surface area contributed by atoms with Crippen LogP contribution in [-0.4, -0.2) is 34.8 Å². The fourth-order valence-corrected chi connectivity index (χ4v) is 4.40. The zero-order valence-electron chi connectivity index (χ0n) is 15.6. The molecule has 1 spiro atoms. The maximum Gasteiger partial charge on any atom is 0.253 e. The fourth-order valence-electron chi connectivity index (χ4n) is 4.40. The van der Waals surface area contributed by atoms with E-state index in [0.29, 0.717) is 25.2 Å². The Labute approximate surface area is 159 Å². The van der Waals surface area contributed by atoms with Crippen molar-refractivity contribution in [3.63, 3.8) is 0 Å². The summed E-state index contributed by atoms with van der Waals surface area (Å²) >= 11 is 0. The summed E-state index contributed by atoms with van der Waals surface area (Å²) in [6.45, 7) is 3.69. The number of pyridine rings is 1. The molecule has 2 heterocycles. The Morgan fingerprint density at radius 3 is 2.67 bits per heavy atom. The van der Waals surface area contributed by atoms with Crippen molar-refractivity contribution >= 4 is 11.8 Å². The number of hydrogen-bond donors (Lipinski definition) is 1. The molecule has 1 N–H and O–H groups in total.